The van der Waals surface area contributed by atoms with Gasteiger partial charge in [-0.25, -0.2) is 0 Å². The van der Waals surface area contributed by atoms with Crippen molar-refractivity contribution in [2.24, 2.45) is 9.98 Å². The van der Waals surface area contributed by atoms with Gasteiger partial charge in [-0.3, -0.25) is 9.98 Å². The van der Waals surface area contributed by atoms with Gasteiger partial charge in [0.2, 0.25) is 0 Å². The lowest BCUT2D eigenvalue weighted by Crippen LogP contribution is -1.84. The van der Waals surface area contributed by atoms with E-state index in [1.54, 1.807) is 25.5 Å². The van der Waals surface area contributed by atoms with E-state index in [-0.39, 0.29) is 0 Å². The minimum absolute atomic E-state index is 1.000. The summed E-state index contributed by atoms with van der Waals surface area (Å²) in [4.78, 5) is 7.53. The lowest BCUT2D eigenvalue weighted by atomic mass is 10.1. The second-order valence-corrected chi connectivity index (χ2v) is 2.23. The maximum absolute atomic E-state index is 3.91. The fourth-order valence-corrected chi connectivity index (χ4v) is 0.666. The Morgan fingerprint density at radius 2 is 2.08 bits per heavy atom. The molecule has 0 N–H and O–H groups in total. The molecule has 2 nitrogen and oxygen atoms in total. The highest BCUT2D eigenvalue weighted by Gasteiger charge is 1.89. The van der Waals surface area contributed by atoms with Crippen LogP contribution in [-0.2, 0) is 0 Å². The van der Waals surface area contributed by atoms with Crippen LogP contribution in [0.5, 0.6) is 0 Å². The van der Waals surface area contributed by atoms with Crippen LogP contribution in [0.1, 0.15) is 6.92 Å². The van der Waals surface area contributed by atoms with Gasteiger partial charge in [0.1, 0.15) is 0 Å². The van der Waals surface area contributed by atoms with E-state index < -0.39 is 0 Å². The van der Waals surface area contributed by atoms with Crippen LogP contribution in [-0.4, -0.2) is 20.0 Å². The molecule has 12 heavy (non-hydrogen) atoms. The van der Waals surface area contributed by atoms with E-state index in [1.165, 1.54) is 0 Å². The van der Waals surface area contributed by atoms with Gasteiger partial charge in [0.15, 0.2) is 0 Å². The second-order valence-electron chi connectivity index (χ2n) is 2.23. The molecular weight excluding hydrogens is 148 g/mol. The zero-order valence-electron chi connectivity index (χ0n) is 7.62. The molecule has 0 spiro atoms. The number of rotatable bonds is 4. The third-order valence-corrected chi connectivity index (χ3v) is 1.39. The molecule has 0 aliphatic carbocycles. The fourth-order valence-electron chi connectivity index (χ4n) is 0.666. The van der Waals surface area contributed by atoms with Crippen LogP contribution in [0, 0.1) is 0 Å². The molecule has 0 aliphatic heterocycles. The van der Waals surface area contributed by atoms with Crippen LogP contribution in [0.15, 0.2) is 46.1 Å². The van der Waals surface area contributed by atoms with Crippen molar-refractivity contribution in [3.8, 4) is 0 Å². The highest BCUT2D eigenvalue weighted by molar-refractivity contribution is 5.83. The molecule has 0 bridgehead atoms. The SMILES string of the molecule is C=C/C(C)=C(/C=C\N=C)\C=N/C. The zero-order valence-corrected chi connectivity index (χ0v) is 7.62. The second kappa shape index (κ2) is 6.28. The molecule has 0 aromatic heterocycles. The van der Waals surface area contributed by atoms with E-state index in [0.717, 1.165) is 11.1 Å². The summed E-state index contributed by atoms with van der Waals surface area (Å²) in [6.45, 7) is 8.99. The summed E-state index contributed by atoms with van der Waals surface area (Å²) >= 11 is 0. The molecule has 0 heterocycles. The standard InChI is InChI=1S/C10H14N2/c1-5-9(2)10(8-12-4)6-7-11-3/h5-8H,1,3H2,2,4H3/b7-6-,10-9-,12-8-. The monoisotopic (exact) mass is 162 g/mol. The van der Waals surface area contributed by atoms with E-state index in [2.05, 4.69) is 23.3 Å². The molecule has 0 saturated heterocycles. The van der Waals surface area contributed by atoms with Gasteiger partial charge in [0, 0.05) is 19.5 Å². The van der Waals surface area contributed by atoms with Crippen LogP contribution >= 0.6 is 0 Å². The number of allylic oxidation sites excluding steroid dienone is 4. The first-order chi connectivity index (χ1) is 5.76. The summed E-state index contributed by atoms with van der Waals surface area (Å²) in [7, 11) is 1.73. The van der Waals surface area contributed by atoms with Gasteiger partial charge in [-0.05, 0) is 30.9 Å². The minimum Gasteiger partial charge on any atom is -0.296 e. The van der Waals surface area contributed by atoms with Gasteiger partial charge in [0.05, 0.1) is 0 Å². The Morgan fingerprint density at radius 1 is 1.42 bits per heavy atom. The van der Waals surface area contributed by atoms with Crippen molar-refractivity contribution < 1.29 is 0 Å². The van der Waals surface area contributed by atoms with Crippen LogP contribution in [0.2, 0.25) is 0 Å². The van der Waals surface area contributed by atoms with Crippen molar-refractivity contribution in [2.75, 3.05) is 7.05 Å². The Bertz CT molecular complexity index is 245. The van der Waals surface area contributed by atoms with Crippen molar-refractivity contribution >= 4 is 12.9 Å². The highest BCUT2D eigenvalue weighted by atomic mass is 14.6. The lowest BCUT2D eigenvalue weighted by Gasteiger charge is -1.95. The van der Waals surface area contributed by atoms with Crippen molar-refractivity contribution in [3.05, 3.63) is 36.1 Å². The first-order valence-electron chi connectivity index (χ1n) is 3.64. The predicted octanol–water partition coefficient (Wildman–Crippen LogP) is 2.40. The molecule has 0 aromatic carbocycles. The summed E-state index contributed by atoms with van der Waals surface area (Å²) < 4.78 is 0. The summed E-state index contributed by atoms with van der Waals surface area (Å²) in [5.41, 5.74) is 2.07. The van der Waals surface area contributed by atoms with Crippen molar-refractivity contribution in [2.45, 2.75) is 6.92 Å². The first kappa shape index (κ1) is 10.6. The van der Waals surface area contributed by atoms with Gasteiger partial charge in [-0.15, -0.1) is 0 Å². The van der Waals surface area contributed by atoms with Gasteiger partial charge in [0.25, 0.3) is 0 Å². The molecule has 0 unspecified atom stereocenters. The van der Waals surface area contributed by atoms with E-state index >= 15 is 0 Å². The summed E-state index contributed by atoms with van der Waals surface area (Å²) in [6, 6.07) is 0. The molecule has 0 aliphatic rings. The third kappa shape index (κ3) is 3.66. The number of hydrogen-bond donors (Lipinski definition) is 0. The number of aliphatic imine (C=N–C) groups is 2. The van der Waals surface area contributed by atoms with Crippen molar-refractivity contribution in [1.82, 2.24) is 0 Å². The third-order valence-electron chi connectivity index (χ3n) is 1.39. The summed E-state index contributed by atoms with van der Waals surface area (Å²) in [5.74, 6) is 0. The quantitative estimate of drug-likeness (QED) is 0.448. The zero-order chi connectivity index (χ0) is 9.40. The molecule has 0 radical (unpaired) electrons. The van der Waals surface area contributed by atoms with E-state index in [0.29, 0.717) is 0 Å². The summed E-state index contributed by atoms with van der Waals surface area (Å²) in [6.07, 6.45) is 7.02. The smallest absolute Gasteiger partial charge is 0.0284 e. The average molecular weight is 162 g/mol. The Hall–Kier alpha value is -1.44. The van der Waals surface area contributed by atoms with Crippen LogP contribution in [0.3, 0.4) is 0 Å². The van der Waals surface area contributed by atoms with Crippen LogP contribution in [0.25, 0.3) is 0 Å². The van der Waals surface area contributed by atoms with Crippen molar-refractivity contribution in [3.63, 3.8) is 0 Å². The molecule has 64 valence electrons. The van der Waals surface area contributed by atoms with E-state index in [9.17, 15) is 0 Å². The first-order valence-corrected chi connectivity index (χ1v) is 3.64. The summed E-state index contributed by atoms with van der Waals surface area (Å²) in [5, 5.41) is 0. The van der Waals surface area contributed by atoms with E-state index in [4.69, 9.17) is 0 Å². The Kier molecular flexibility index (Phi) is 5.53. The molecule has 0 saturated carbocycles. The topological polar surface area (TPSA) is 24.7 Å². The maximum Gasteiger partial charge on any atom is 0.0284 e. The van der Waals surface area contributed by atoms with Gasteiger partial charge in [-0.2, -0.15) is 0 Å². The fraction of sp³-hybridized carbons (Fsp3) is 0.200. The number of hydrogen-bond acceptors (Lipinski definition) is 2. The van der Waals surface area contributed by atoms with Crippen LogP contribution < -0.4 is 0 Å². The molecule has 0 amide bonds. The molecule has 0 fully saturated rings. The Balaban J connectivity index is 4.76. The van der Waals surface area contributed by atoms with Gasteiger partial charge < -0.3 is 0 Å². The molecule has 0 atom stereocenters. The highest BCUT2D eigenvalue weighted by Crippen LogP contribution is 2.04. The number of nitrogens with zero attached hydrogens (tertiary/aromatic N) is 2. The van der Waals surface area contributed by atoms with E-state index in [1.807, 2.05) is 13.0 Å². The van der Waals surface area contributed by atoms with Gasteiger partial charge in [-0.1, -0.05) is 12.7 Å². The lowest BCUT2D eigenvalue weighted by molar-refractivity contribution is 1.43. The Labute approximate surface area is 73.7 Å². The van der Waals surface area contributed by atoms with Crippen LogP contribution in [0.4, 0.5) is 0 Å². The molecular formula is C10H14N2. The largest absolute Gasteiger partial charge is 0.296 e. The van der Waals surface area contributed by atoms with Gasteiger partial charge >= 0.3 is 0 Å². The predicted molar refractivity (Wildman–Crippen MR) is 56.0 cm³/mol. The average Bonchev–Trinajstić information content (AvgIpc) is 2.11. The Morgan fingerprint density at radius 3 is 2.50 bits per heavy atom. The molecule has 2 heteroatoms. The molecule has 0 rings (SSSR count). The van der Waals surface area contributed by atoms with Crippen molar-refractivity contribution in [1.29, 1.82) is 0 Å². The molecule has 0 aromatic rings. The minimum atomic E-state index is 1.000. The normalized spacial score (nSPS) is 13.5. The maximum atomic E-state index is 3.91.